The molecule has 1 aromatic heterocycles. The molecule has 3 N–H and O–H groups in total. The highest BCUT2D eigenvalue weighted by molar-refractivity contribution is 6.00. The van der Waals surface area contributed by atoms with E-state index in [1.165, 1.54) is 0 Å². The molecule has 0 radical (unpaired) electrons. The number of nitrogens with one attached hydrogen (secondary N) is 1. The zero-order chi connectivity index (χ0) is 12.1. The lowest BCUT2D eigenvalue weighted by molar-refractivity contribution is 0.591. The fraction of sp³-hybridized carbons (Fsp3) is 0.500. The average molecular weight is 220 g/mol. The summed E-state index contributed by atoms with van der Waals surface area (Å²) in [6.45, 7) is 4.32. The van der Waals surface area contributed by atoms with Gasteiger partial charge in [0.05, 0.1) is 11.9 Å². The van der Waals surface area contributed by atoms with Gasteiger partial charge in [0.25, 0.3) is 0 Å². The van der Waals surface area contributed by atoms with Crippen LogP contribution >= 0.6 is 0 Å². The van der Waals surface area contributed by atoms with E-state index in [1.807, 2.05) is 7.05 Å². The molecule has 0 unspecified atom stereocenters. The molecule has 1 heterocycles. The van der Waals surface area contributed by atoms with Crippen LogP contribution in [-0.4, -0.2) is 23.9 Å². The largest absolute Gasteiger partial charge is 0.384 e. The van der Waals surface area contributed by atoms with Crippen LogP contribution in [0.25, 0.3) is 0 Å². The summed E-state index contributed by atoms with van der Waals surface area (Å²) < 4.78 is 0. The predicted octanol–water partition coefficient (Wildman–Crippen LogP) is 1.99. The molecule has 1 aromatic rings. The molecule has 0 aliphatic rings. The molecular weight excluding hydrogens is 200 g/mol. The van der Waals surface area contributed by atoms with Crippen LogP contribution in [0.2, 0.25) is 0 Å². The van der Waals surface area contributed by atoms with Gasteiger partial charge in [-0.25, -0.2) is 0 Å². The van der Waals surface area contributed by atoms with Crippen molar-refractivity contribution >= 4 is 11.5 Å². The van der Waals surface area contributed by atoms with Gasteiger partial charge >= 0.3 is 0 Å². The standard InChI is InChI=1S/C12H20N4/c1-4-9(5-2)16(3)11-8-15-7-6-10(11)12(13)14/h6-9H,4-5H2,1-3H3,(H3,13,14). The number of anilines is 1. The first-order valence-electron chi connectivity index (χ1n) is 5.63. The van der Waals surface area contributed by atoms with Crippen LogP contribution in [0.3, 0.4) is 0 Å². The summed E-state index contributed by atoms with van der Waals surface area (Å²) in [5.41, 5.74) is 7.25. The number of aromatic nitrogens is 1. The third-order valence-corrected chi connectivity index (χ3v) is 2.96. The maximum absolute atomic E-state index is 7.55. The smallest absolute Gasteiger partial charge is 0.125 e. The van der Waals surface area contributed by atoms with Crippen molar-refractivity contribution in [3.05, 3.63) is 24.0 Å². The van der Waals surface area contributed by atoms with Crippen LogP contribution in [0.4, 0.5) is 5.69 Å². The van der Waals surface area contributed by atoms with Crippen molar-refractivity contribution in [2.45, 2.75) is 32.7 Å². The second kappa shape index (κ2) is 5.49. The molecule has 0 aromatic carbocycles. The Balaban J connectivity index is 3.07. The van der Waals surface area contributed by atoms with Crippen molar-refractivity contribution in [2.24, 2.45) is 5.73 Å². The van der Waals surface area contributed by atoms with E-state index in [2.05, 4.69) is 23.7 Å². The molecule has 0 aliphatic carbocycles. The molecule has 4 nitrogen and oxygen atoms in total. The Morgan fingerprint density at radius 2 is 2.12 bits per heavy atom. The van der Waals surface area contributed by atoms with Gasteiger partial charge in [0.2, 0.25) is 0 Å². The van der Waals surface area contributed by atoms with Crippen LogP contribution in [-0.2, 0) is 0 Å². The molecule has 0 fully saturated rings. The Kier molecular flexibility index (Phi) is 4.28. The van der Waals surface area contributed by atoms with E-state index in [1.54, 1.807) is 18.5 Å². The van der Waals surface area contributed by atoms with Crippen LogP contribution in [0.15, 0.2) is 18.5 Å². The van der Waals surface area contributed by atoms with Gasteiger partial charge < -0.3 is 10.6 Å². The van der Waals surface area contributed by atoms with Gasteiger partial charge in [-0.2, -0.15) is 0 Å². The number of hydrogen-bond donors (Lipinski definition) is 2. The predicted molar refractivity (Wildman–Crippen MR) is 68.0 cm³/mol. The van der Waals surface area contributed by atoms with Crippen molar-refractivity contribution in [1.29, 1.82) is 5.41 Å². The van der Waals surface area contributed by atoms with E-state index in [0.717, 1.165) is 24.1 Å². The molecule has 0 saturated heterocycles. The number of nitrogen functional groups attached to an aromatic ring is 1. The second-order valence-corrected chi connectivity index (χ2v) is 3.89. The first-order chi connectivity index (χ1) is 7.61. The highest BCUT2D eigenvalue weighted by Gasteiger charge is 2.15. The number of nitrogens with two attached hydrogens (primary N) is 1. The lowest BCUT2D eigenvalue weighted by atomic mass is 10.1. The van der Waals surface area contributed by atoms with Crippen LogP contribution in [0.5, 0.6) is 0 Å². The number of amidine groups is 1. The Hall–Kier alpha value is -1.58. The summed E-state index contributed by atoms with van der Waals surface area (Å²) >= 11 is 0. The van der Waals surface area contributed by atoms with Crippen molar-refractivity contribution in [3.63, 3.8) is 0 Å². The van der Waals surface area contributed by atoms with Crippen LogP contribution in [0, 0.1) is 5.41 Å². The Labute approximate surface area is 97.0 Å². The quantitative estimate of drug-likeness (QED) is 0.589. The summed E-state index contributed by atoms with van der Waals surface area (Å²) in [4.78, 5) is 6.26. The van der Waals surface area contributed by atoms with Gasteiger partial charge in [0, 0.05) is 24.8 Å². The molecule has 0 bridgehead atoms. The van der Waals surface area contributed by atoms with Gasteiger partial charge in [-0.1, -0.05) is 13.8 Å². The Morgan fingerprint density at radius 1 is 1.50 bits per heavy atom. The van der Waals surface area contributed by atoms with Crippen molar-refractivity contribution in [2.75, 3.05) is 11.9 Å². The lowest BCUT2D eigenvalue weighted by Gasteiger charge is -2.29. The minimum absolute atomic E-state index is 0.0928. The Morgan fingerprint density at radius 3 is 2.62 bits per heavy atom. The van der Waals surface area contributed by atoms with Gasteiger partial charge in [-0.15, -0.1) is 0 Å². The third kappa shape index (κ3) is 2.51. The van der Waals surface area contributed by atoms with Gasteiger partial charge in [0.1, 0.15) is 5.84 Å². The lowest BCUT2D eigenvalue weighted by Crippen LogP contribution is -2.32. The summed E-state index contributed by atoms with van der Waals surface area (Å²) in [5, 5.41) is 7.55. The zero-order valence-electron chi connectivity index (χ0n) is 10.2. The maximum Gasteiger partial charge on any atom is 0.125 e. The molecule has 16 heavy (non-hydrogen) atoms. The minimum Gasteiger partial charge on any atom is -0.384 e. The van der Waals surface area contributed by atoms with E-state index in [0.29, 0.717) is 6.04 Å². The molecule has 88 valence electrons. The van der Waals surface area contributed by atoms with Crippen molar-refractivity contribution < 1.29 is 0 Å². The van der Waals surface area contributed by atoms with Crippen LogP contribution < -0.4 is 10.6 Å². The molecule has 4 heteroatoms. The van der Waals surface area contributed by atoms with Crippen molar-refractivity contribution in [1.82, 2.24) is 4.98 Å². The summed E-state index contributed by atoms with van der Waals surface area (Å²) in [6.07, 6.45) is 5.58. The number of rotatable bonds is 5. The molecule has 0 spiro atoms. The molecule has 0 saturated carbocycles. The van der Waals surface area contributed by atoms with Crippen LogP contribution in [0.1, 0.15) is 32.3 Å². The third-order valence-electron chi connectivity index (χ3n) is 2.96. The van der Waals surface area contributed by atoms with E-state index in [4.69, 9.17) is 11.1 Å². The topological polar surface area (TPSA) is 66.0 Å². The van der Waals surface area contributed by atoms with Gasteiger partial charge in [-0.05, 0) is 18.9 Å². The summed E-state index contributed by atoms with van der Waals surface area (Å²) in [6, 6.07) is 2.25. The minimum atomic E-state index is 0.0928. The number of hydrogen-bond acceptors (Lipinski definition) is 3. The highest BCUT2D eigenvalue weighted by Crippen LogP contribution is 2.21. The first-order valence-corrected chi connectivity index (χ1v) is 5.63. The Bertz CT molecular complexity index is 358. The normalized spacial score (nSPS) is 10.5. The SMILES string of the molecule is CCC(CC)N(C)c1cnccc1C(=N)N. The molecular formula is C12H20N4. The summed E-state index contributed by atoms with van der Waals surface area (Å²) in [5.74, 6) is 0.0928. The fourth-order valence-electron chi connectivity index (χ4n) is 1.93. The van der Waals surface area contributed by atoms with Crippen molar-refractivity contribution in [3.8, 4) is 0 Å². The second-order valence-electron chi connectivity index (χ2n) is 3.89. The monoisotopic (exact) mass is 220 g/mol. The van der Waals surface area contributed by atoms with Gasteiger partial charge in [-0.3, -0.25) is 10.4 Å². The zero-order valence-corrected chi connectivity index (χ0v) is 10.2. The average Bonchev–Trinajstić information content (AvgIpc) is 2.30. The fourth-order valence-corrected chi connectivity index (χ4v) is 1.93. The molecule has 0 amide bonds. The number of pyridine rings is 1. The van der Waals surface area contributed by atoms with E-state index < -0.39 is 0 Å². The summed E-state index contributed by atoms with van der Waals surface area (Å²) in [7, 11) is 2.03. The highest BCUT2D eigenvalue weighted by atomic mass is 15.1. The molecule has 1 rings (SSSR count). The first kappa shape index (κ1) is 12.5. The maximum atomic E-state index is 7.55. The molecule has 0 aliphatic heterocycles. The molecule has 0 atom stereocenters. The number of nitrogens with zero attached hydrogens (tertiary/aromatic N) is 2. The van der Waals surface area contributed by atoms with E-state index in [9.17, 15) is 0 Å². The van der Waals surface area contributed by atoms with E-state index >= 15 is 0 Å². The van der Waals surface area contributed by atoms with E-state index in [-0.39, 0.29) is 5.84 Å². The van der Waals surface area contributed by atoms with Gasteiger partial charge in [0.15, 0.2) is 0 Å².